The van der Waals surface area contributed by atoms with Crippen LogP contribution < -0.4 is 7.42 Å². The average Bonchev–Trinajstić information content (AvgIpc) is 2.99. The Hall–Kier alpha value is -1.04. The number of alkyl halides is 1. The molecule has 0 spiro atoms. The number of allylic oxidation sites excluding steroid dienone is 3. The summed E-state index contributed by atoms with van der Waals surface area (Å²) in [5, 5.41) is 0.785. The van der Waals surface area contributed by atoms with E-state index >= 15 is 0 Å². The van der Waals surface area contributed by atoms with Crippen LogP contribution in [0.2, 0.25) is 30.1 Å². The normalized spacial score (nSPS) is 12.2. The van der Waals surface area contributed by atoms with Crippen molar-refractivity contribution < 1.29 is 25.3 Å². The third-order valence-electron chi connectivity index (χ3n) is 6.08. The predicted octanol–water partition coefficient (Wildman–Crippen LogP) is 12.7. The zero-order valence-electron chi connectivity index (χ0n) is 26.3. The molecule has 0 atom stereocenters. The summed E-state index contributed by atoms with van der Waals surface area (Å²) in [6.45, 7) is 6.61. The lowest BCUT2D eigenvalue weighted by molar-refractivity contribution is 0.584. The van der Waals surface area contributed by atoms with E-state index < -0.39 is 45.5 Å². The van der Waals surface area contributed by atoms with Gasteiger partial charge in [-0.3, -0.25) is 0 Å². The Morgan fingerprint density at radius 3 is 1.46 bits per heavy atom. The summed E-state index contributed by atoms with van der Waals surface area (Å²) in [4.78, 5) is -1.18. The second-order valence-electron chi connectivity index (χ2n) is 10.1. The maximum atomic E-state index is 14.2. The summed E-state index contributed by atoms with van der Waals surface area (Å²) in [5.41, 5.74) is -0.692. The molecule has 0 aromatic heterocycles. The third kappa shape index (κ3) is 11.5. The van der Waals surface area contributed by atoms with E-state index in [2.05, 4.69) is 22.5 Å². The van der Waals surface area contributed by atoms with E-state index in [4.69, 9.17) is 92.8 Å². The molecular formula is C31H23BrCl8N2O6S4. The van der Waals surface area contributed by atoms with Crippen molar-refractivity contribution in [2.24, 2.45) is 0 Å². The van der Waals surface area contributed by atoms with E-state index in [0.29, 0.717) is 17.8 Å². The number of hydrogen-bond donors (Lipinski definition) is 0. The highest BCUT2D eigenvalue weighted by molar-refractivity contribution is 9.10. The van der Waals surface area contributed by atoms with Gasteiger partial charge in [0.1, 0.15) is 0 Å². The first kappa shape index (κ1) is 45.4. The van der Waals surface area contributed by atoms with Gasteiger partial charge in [-0.25, -0.2) is 29.0 Å². The summed E-state index contributed by atoms with van der Waals surface area (Å²) >= 11 is 51.2. The Morgan fingerprint density at radius 1 is 0.712 bits per heavy atom. The Kier molecular flexibility index (Phi) is 16.3. The maximum absolute atomic E-state index is 14.2. The molecule has 0 aliphatic rings. The Labute approximate surface area is 355 Å². The Morgan fingerprint density at radius 2 is 1.12 bits per heavy atom. The summed E-state index contributed by atoms with van der Waals surface area (Å²) in [7, 11) is -14.5. The second-order valence-corrected chi connectivity index (χ2v) is 21.6. The van der Waals surface area contributed by atoms with Crippen LogP contribution in [0.1, 0.15) is 13.8 Å². The first-order chi connectivity index (χ1) is 24.0. The van der Waals surface area contributed by atoms with Crippen molar-refractivity contribution in [1.82, 2.24) is 0 Å². The van der Waals surface area contributed by atoms with Crippen molar-refractivity contribution >= 4 is 162 Å². The largest absolute Gasteiger partial charge is 0.277 e. The van der Waals surface area contributed by atoms with Gasteiger partial charge in [-0.1, -0.05) is 93.9 Å². The zero-order chi connectivity index (χ0) is 39.3. The highest BCUT2D eigenvalue weighted by Crippen LogP contribution is 2.43. The van der Waals surface area contributed by atoms with Crippen molar-refractivity contribution in [2.75, 3.05) is 13.3 Å². The van der Waals surface area contributed by atoms with E-state index in [1.807, 2.05) is 0 Å². The smallest absolute Gasteiger partial charge is 0.202 e. The van der Waals surface area contributed by atoms with Crippen LogP contribution in [0, 0.1) is 0 Å². The zero-order valence-corrected chi connectivity index (χ0v) is 37.2. The number of nitrogens with zero attached hydrogens (tertiary/aromatic N) is 2. The number of benzene rings is 4. The van der Waals surface area contributed by atoms with Gasteiger partial charge in [0.25, 0.3) is 30.1 Å². The molecule has 4 rings (SSSR count). The molecule has 4 aromatic carbocycles. The lowest BCUT2D eigenvalue weighted by Crippen LogP contribution is -2.37. The van der Waals surface area contributed by atoms with Crippen molar-refractivity contribution in [3.05, 3.63) is 130 Å². The number of rotatable bonds is 11. The predicted molar refractivity (Wildman–Crippen MR) is 223 cm³/mol. The highest BCUT2D eigenvalue weighted by Gasteiger charge is 2.39. The lowest BCUT2D eigenvalue weighted by atomic mass is 10.3. The number of halogens is 9. The van der Waals surface area contributed by atoms with Crippen LogP contribution in [0.5, 0.6) is 0 Å². The second kappa shape index (κ2) is 18.7. The molecule has 0 saturated carbocycles. The fourth-order valence-electron chi connectivity index (χ4n) is 3.86. The summed E-state index contributed by atoms with van der Waals surface area (Å²) in [6.07, 6.45) is 1.74. The molecule has 0 aliphatic heterocycles. The first-order valence-corrected chi connectivity index (χ1v) is 22.8. The van der Waals surface area contributed by atoms with Crippen molar-refractivity contribution in [2.45, 2.75) is 28.5 Å². The quantitative estimate of drug-likeness (QED) is 0.109. The van der Waals surface area contributed by atoms with Gasteiger partial charge in [-0.2, -0.15) is 3.71 Å². The molecule has 0 bridgehead atoms. The van der Waals surface area contributed by atoms with Crippen LogP contribution in [-0.2, 0) is 30.1 Å². The van der Waals surface area contributed by atoms with Crippen LogP contribution in [0.4, 0.5) is 11.4 Å². The van der Waals surface area contributed by atoms with Crippen molar-refractivity contribution in [3.63, 3.8) is 0 Å². The molecular weight excluding hydrogens is 988 g/mol. The maximum Gasteiger partial charge on any atom is 0.277 e. The SMILES string of the molecule is C/C(Cl)=C\CCl.C=C(C)S(=O)(=O)N(Sc1cc(Cl)cc(Cl)c1)c1cc(N(S(=O)(=O)c2cc(Cl)cc(Cl)c2)S(=O)(=O)c2cc(Cl)cc(Cl)c2)ccc1Br. The molecule has 0 saturated heterocycles. The first-order valence-electron chi connectivity index (χ1n) is 13.8. The van der Waals surface area contributed by atoms with Gasteiger partial charge in [0.2, 0.25) is 0 Å². The van der Waals surface area contributed by atoms with Gasteiger partial charge < -0.3 is 0 Å². The van der Waals surface area contributed by atoms with Gasteiger partial charge in [0.05, 0.1) is 26.1 Å². The van der Waals surface area contributed by atoms with Gasteiger partial charge in [-0.05, 0) is 103 Å². The summed E-state index contributed by atoms with van der Waals surface area (Å²) < 4.78 is 85.3. The minimum Gasteiger partial charge on any atom is -0.202 e. The molecule has 0 fully saturated rings. The number of anilines is 2. The van der Waals surface area contributed by atoms with Crippen molar-refractivity contribution in [1.29, 1.82) is 0 Å². The van der Waals surface area contributed by atoms with Gasteiger partial charge in [-0.15, -0.1) is 11.6 Å². The standard InChI is InChI=1S/C27H17BrCl6N2O6S4.C4H6Cl2/c1-15(2)44(37,38)35(43-23-8-16(29)5-17(30)9-23)27-14-22(3-4-26(27)28)36(45(39,40)24-10-18(31)6-19(32)11-24)46(41,42)25-12-20(33)7-21(34)13-25;1-4(6)2-3-5/h3-14H,1H2,2H3;2H,3H2,1H3/b;4-2+. The van der Waals surface area contributed by atoms with E-state index in [-0.39, 0.29) is 53.8 Å². The molecule has 0 N–H and O–H groups in total. The topological polar surface area (TPSA) is 109 Å². The monoisotopic (exact) mass is 1010 g/mol. The van der Waals surface area contributed by atoms with Crippen LogP contribution in [0.15, 0.2) is 115 Å². The van der Waals surface area contributed by atoms with Gasteiger partial charge in [0.15, 0.2) is 0 Å². The molecule has 4 aromatic rings. The molecule has 280 valence electrons. The molecule has 0 aliphatic carbocycles. The van der Waals surface area contributed by atoms with E-state index in [1.54, 1.807) is 13.0 Å². The molecule has 0 radical (unpaired) electrons. The van der Waals surface area contributed by atoms with Gasteiger partial charge >= 0.3 is 0 Å². The lowest BCUT2D eigenvalue weighted by Gasteiger charge is -2.28. The minimum absolute atomic E-state index is 0.0963. The molecule has 0 heterocycles. The fourth-order valence-corrected chi connectivity index (χ4v) is 13.2. The Balaban J connectivity index is 0.00000112. The van der Waals surface area contributed by atoms with Gasteiger partial charge in [0, 0.05) is 62.4 Å². The fraction of sp³-hybridized carbons (Fsp3) is 0.0968. The van der Waals surface area contributed by atoms with Crippen LogP contribution in [-0.4, -0.2) is 31.1 Å². The van der Waals surface area contributed by atoms with E-state index in [0.717, 1.165) is 45.1 Å². The third-order valence-corrected chi connectivity index (χ3v) is 15.6. The molecule has 0 amide bonds. The van der Waals surface area contributed by atoms with Crippen LogP contribution in [0.25, 0.3) is 0 Å². The van der Waals surface area contributed by atoms with E-state index in [9.17, 15) is 25.3 Å². The summed E-state index contributed by atoms with van der Waals surface area (Å²) in [5.74, 6) is 0.509. The molecule has 8 nitrogen and oxygen atoms in total. The summed E-state index contributed by atoms with van der Waals surface area (Å²) in [6, 6.07) is 14.3. The minimum atomic E-state index is -5.06. The van der Waals surface area contributed by atoms with Crippen molar-refractivity contribution in [3.8, 4) is 0 Å². The van der Waals surface area contributed by atoms with E-state index in [1.165, 1.54) is 43.3 Å². The highest BCUT2D eigenvalue weighted by atomic mass is 79.9. The average molecular weight is 1010 g/mol. The van der Waals surface area contributed by atoms with Crippen LogP contribution in [0.3, 0.4) is 0 Å². The molecule has 52 heavy (non-hydrogen) atoms. The number of sulfonamides is 3. The number of hydrogen-bond acceptors (Lipinski definition) is 7. The molecule has 21 heteroatoms. The Bertz CT molecular complexity index is 2240. The molecule has 0 unspecified atom stereocenters. The van der Waals surface area contributed by atoms with Crippen LogP contribution >= 0.6 is 121 Å².